The van der Waals surface area contributed by atoms with Gasteiger partial charge in [-0.25, -0.2) is 0 Å². The molecule has 7 aliphatic carbocycles. The minimum absolute atomic E-state index is 0. The van der Waals surface area contributed by atoms with Gasteiger partial charge in [0.2, 0.25) is 0 Å². The molecular formula is C58H124. The Kier molecular flexibility index (Phi) is 40.6. The van der Waals surface area contributed by atoms with E-state index < -0.39 is 0 Å². The Labute approximate surface area is 375 Å². The summed E-state index contributed by atoms with van der Waals surface area (Å²) in [5, 5.41) is 0. The first-order chi connectivity index (χ1) is 27.6. The smallest absolute Gasteiger partial charge is 0.0323 e. The lowest BCUT2D eigenvalue weighted by molar-refractivity contribution is -0.0234. The summed E-state index contributed by atoms with van der Waals surface area (Å²) in [5.74, 6) is 14.0. The highest BCUT2D eigenvalue weighted by Gasteiger charge is 2.55. The van der Waals surface area contributed by atoms with Crippen molar-refractivity contribution in [1.29, 1.82) is 0 Å². The van der Waals surface area contributed by atoms with E-state index in [9.17, 15) is 0 Å². The molecule has 0 aromatic rings. The van der Waals surface area contributed by atoms with Gasteiger partial charge in [0.25, 0.3) is 0 Å². The van der Waals surface area contributed by atoms with Crippen LogP contribution in [0.5, 0.6) is 0 Å². The summed E-state index contributed by atoms with van der Waals surface area (Å²) in [6, 6.07) is 0. The van der Waals surface area contributed by atoms with Gasteiger partial charge < -0.3 is 0 Å². The highest BCUT2D eigenvalue weighted by atomic mass is 14.6. The monoisotopic (exact) mass is 821 g/mol. The molecule has 11 unspecified atom stereocenters. The molecule has 0 N–H and O–H groups in total. The molecule has 0 saturated heterocycles. The van der Waals surface area contributed by atoms with E-state index >= 15 is 0 Å². The average Bonchev–Trinajstić information content (AvgIpc) is 3.83. The minimum Gasteiger partial charge on any atom is -0.0776 e. The zero-order valence-corrected chi connectivity index (χ0v) is 44.9. The van der Waals surface area contributed by atoms with Crippen LogP contribution >= 0.6 is 0 Å². The van der Waals surface area contributed by atoms with Gasteiger partial charge in [0, 0.05) is 0 Å². The van der Waals surface area contributed by atoms with Crippen molar-refractivity contribution in [3.63, 3.8) is 0 Å². The summed E-state index contributed by atoms with van der Waals surface area (Å²) >= 11 is 0. The second kappa shape index (κ2) is 36.5. The lowest BCUT2D eigenvalue weighted by atomic mass is 9.53. The zero-order chi connectivity index (χ0) is 44.9. The Hall–Kier alpha value is 0. The molecule has 0 aliphatic heterocycles. The third kappa shape index (κ3) is 17.6. The normalized spacial score (nSPS) is 36.2. The van der Waals surface area contributed by atoms with E-state index in [0.29, 0.717) is 10.8 Å². The Morgan fingerprint density at radius 2 is 0.828 bits per heavy atom. The number of rotatable bonds is 3. The van der Waals surface area contributed by atoms with Gasteiger partial charge >= 0.3 is 0 Å². The number of hydrogen-bond donors (Lipinski definition) is 0. The zero-order valence-electron chi connectivity index (χ0n) is 44.9. The van der Waals surface area contributed by atoms with Crippen LogP contribution in [0, 0.1) is 87.8 Å². The Balaban J connectivity index is -0.000000370. The largest absolute Gasteiger partial charge is 0.0776 e. The summed E-state index contributed by atoms with van der Waals surface area (Å²) in [5.41, 5.74) is 1.22. The third-order valence-electron chi connectivity index (χ3n) is 16.6. The summed E-state index contributed by atoms with van der Waals surface area (Å²) in [6.45, 7) is 49.7. The average molecular weight is 822 g/mol. The van der Waals surface area contributed by atoms with Gasteiger partial charge in [-0.05, 0) is 158 Å². The van der Waals surface area contributed by atoms with Gasteiger partial charge in [0.05, 0.1) is 0 Å². The predicted molar refractivity (Wildman–Crippen MR) is 275 cm³/mol. The maximum absolute atomic E-state index is 2.57. The molecule has 7 saturated carbocycles. The van der Waals surface area contributed by atoms with E-state index in [-0.39, 0.29) is 7.43 Å². The Morgan fingerprint density at radius 1 is 0.379 bits per heavy atom. The Bertz CT molecular complexity index is 848. The lowest BCUT2D eigenvalue weighted by Crippen LogP contribution is -2.43. The SMILES string of the molecule is C.CC.CC.CC.CC.CC.CC.CC.CC.CCCC1CCCCC1C1CC2CCC(C)(C)[C@H](C)C2C1.C[C@@H]1C2CCC3C4CCCCC4CCC3C2CC1(C)C. The second-order valence-electron chi connectivity index (χ2n) is 19.0. The van der Waals surface area contributed by atoms with Crippen LogP contribution in [0.4, 0.5) is 0 Å². The fraction of sp³-hybridized carbons (Fsp3) is 1.00. The molecule has 58 heavy (non-hydrogen) atoms. The van der Waals surface area contributed by atoms with Crippen molar-refractivity contribution in [3.05, 3.63) is 0 Å². The molecule has 0 aromatic heterocycles. The molecule has 0 heterocycles. The predicted octanol–water partition coefficient (Wildman–Crippen LogP) is 21.4. The van der Waals surface area contributed by atoms with Crippen molar-refractivity contribution in [2.45, 2.75) is 289 Å². The van der Waals surface area contributed by atoms with Crippen molar-refractivity contribution in [3.8, 4) is 0 Å². The molecule has 7 aliphatic rings. The number of fused-ring (bicyclic) bond motifs is 6. The van der Waals surface area contributed by atoms with Crippen LogP contribution in [0.3, 0.4) is 0 Å². The fourth-order valence-electron chi connectivity index (χ4n) is 13.7. The molecule has 0 bridgehead atoms. The topological polar surface area (TPSA) is 0 Å². The van der Waals surface area contributed by atoms with Crippen LogP contribution in [0.15, 0.2) is 0 Å². The second-order valence-corrected chi connectivity index (χ2v) is 19.0. The third-order valence-corrected chi connectivity index (χ3v) is 16.6. The van der Waals surface area contributed by atoms with Crippen LogP contribution in [-0.2, 0) is 0 Å². The molecule has 0 spiro atoms. The lowest BCUT2D eigenvalue weighted by Gasteiger charge is -2.52. The summed E-state index contributed by atoms with van der Waals surface area (Å²) in [6.07, 6.45) is 29.4. The molecule has 0 radical (unpaired) electrons. The van der Waals surface area contributed by atoms with Crippen LogP contribution in [0.1, 0.15) is 289 Å². The van der Waals surface area contributed by atoms with Crippen molar-refractivity contribution >= 4 is 0 Å². The van der Waals surface area contributed by atoms with E-state index in [1.54, 1.807) is 70.6 Å². The van der Waals surface area contributed by atoms with Gasteiger partial charge in [0.15, 0.2) is 0 Å². The molecule has 356 valence electrons. The molecule has 0 amide bonds. The molecule has 7 rings (SSSR count). The van der Waals surface area contributed by atoms with E-state index in [1.165, 1.54) is 51.4 Å². The van der Waals surface area contributed by atoms with E-state index in [1.807, 2.05) is 111 Å². The standard InChI is InChI=1S/C21H38.C20H34.8C2H6.CH4/c1-5-8-16-9-6-7-10-19(16)18-13-17-11-12-21(3,4)15(2)20(17)14-18;1-13-15-10-11-17-16-7-5-4-6-14(16)8-9-18(17)19(15)12-20(13,2)3;8*1-2;/h15-20H,5-14H2,1-4H3;13-19H,4-12H2,1-3H3;8*1-2H3;1H4/t15-,16?,17?,18?,19?,20?;13-,14?,15?,16?,17?,18?,19?;;;;;;;;;/m11........./s1. The molecule has 13 atom stereocenters. The molecule has 0 nitrogen and oxygen atoms in total. The highest BCUT2D eigenvalue weighted by Crippen LogP contribution is 2.63. The molecule has 7 fully saturated rings. The highest BCUT2D eigenvalue weighted by molar-refractivity contribution is 5.04. The quantitative estimate of drug-likeness (QED) is 0.266. The van der Waals surface area contributed by atoms with E-state index in [4.69, 9.17) is 0 Å². The van der Waals surface area contributed by atoms with Gasteiger partial charge in [-0.1, -0.05) is 218 Å². The van der Waals surface area contributed by atoms with Gasteiger partial charge in [-0.3, -0.25) is 0 Å². The summed E-state index contributed by atoms with van der Waals surface area (Å²) in [4.78, 5) is 0. The van der Waals surface area contributed by atoms with Crippen molar-refractivity contribution in [2.75, 3.05) is 0 Å². The summed E-state index contributed by atoms with van der Waals surface area (Å²) in [7, 11) is 0. The first-order valence-corrected chi connectivity index (χ1v) is 27.6. The molecular weight excluding hydrogens is 697 g/mol. The molecule has 0 aromatic carbocycles. The minimum atomic E-state index is 0. The van der Waals surface area contributed by atoms with Crippen molar-refractivity contribution < 1.29 is 0 Å². The van der Waals surface area contributed by atoms with Crippen molar-refractivity contribution in [1.82, 2.24) is 0 Å². The van der Waals surface area contributed by atoms with E-state index in [2.05, 4.69) is 48.5 Å². The van der Waals surface area contributed by atoms with Gasteiger partial charge in [-0.2, -0.15) is 0 Å². The maximum atomic E-state index is 2.57. The molecule has 0 heteroatoms. The van der Waals surface area contributed by atoms with Crippen LogP contribution in [-0.4, -0.2) is 0 Å². The first-order valence-electron chi connectivity index (χ1n) is 27.6. The van der Waals surface area contributed by atoms with Crippen LogP contribution in [0.25, 0.3) is 0 Å². The number of hydrogen-bond acceptors (Lipinski definition) is 0. The van der Waals surface area contributed by atoms with Crippen molar-refractivity contribution in [2.24, 2.45) is 87.8 Å². The van der Waals surface area contributed by atoms with Gasteiger partial charge in [0.1, 0.15) is 0 Å². The fourth-order valence-corrected chi connectivity index (χ4v) is 13.7. The van der Waals surface area contributed by atoms with Crippen LogP contribution < -0.4 is 0 Å². The van der Waals surface area contributed by atoms with Crippen LogP contribution in [0.2, 0.25) is 0 Å². The van der Waals surface area contributed by atoms with Gasteiger partial charge in [-0.15, -0.1) is 0 Å². The Morgan fingerprint density at radius 3 is 1.38 bits per heavy atom. The first kappa shape index (κ1) is 64.6. The maximum Gasteiger partial charge on any atom is -0.0323 e. The van der Waals surface area contributed by atoms with E-state index in [0.717, 1.165) is 76.9 Å². The summed E-state index contributed by atoms with van der Waals surface area (Å²) < 4.78 is 0.